The van der Waals surface area contributed by atoms with Crippen LogP contribution in [-0.2, 0) is 16.0 Å². The molecule has 0 unspecified atom stereocenters. The number of aliphatic carboxylic acids is 1. The molecular weight excluding hydrogens is 334 g/mol. The Morgan fingerprint density at radius 3 is 2.46 bits per heavy atom. The Bertz CT molecular complexity index is 597. The number of hydrogen-bond acceptors (Lipinski definition) is 4. The first-order valence-electron chi connectivity index (χ1n) is 7.53. The van der Waals surface area contributed by atoms with Crippen LogP contribution in [0.1, 0.15) is 26.3 Å². The zero-order valence-electron chi connectivity index (χ0n) is 14.6. The summed E-state index contributed by atoms with van der Waals surface area (Å²) in [5.74, 6) is -1.26. The summed E-state index contributed by atoms with van der Waals surface area (Å²) in [6.07, 6.45) is -0.376. The van der Waals surface area contributed by atoms with Crippen molar-refractivity contribution in [2.75, 3.05) is 20.7 Å². The molecule has 0 aromatic heterocycles. The molecule has 24 heavy (non-hydrogen) atoms. The third kappa shape index (κ3) is 6.28. The summed E-state index contributed by atoms with van der Waals surface area (Å²) in [4.78, 5) is 24.9. The lowest BCUT2D eigenvalue weighted by Gasteiger charge is -2.26. The van der Waals surface area contributed by atoms with E-state index in [2.05, 4.69) is 0 Å². The molecule has 0 saturated carbocycles. The van der Waals surface area contributed by atoms with Crippen molar-refractivity contribution in [3.05, 3.63) is 28.8 Å². The van der Waals surface area contributed by atoms with E-state index in [-0.39, 0.29) is 13.0 Å². The normalized spacial score (nSPS) is 12.4. The number of carboxylic acids is 1. The number of ether oxygens (including phenoxy) is 2. The highest BCUT2D eigenvalue weighted by Crippen LogP contribution is 2.25. The van der Waals surface area contributed by atoms with Crippen molar-refractivity contribution in [2.24, 2.45) is 5.92 Å². The minimum absolute atomic E-state index is 0.0138. The molecule has 0 fully saturated rings. The molecule has 1 rings (SSSR count). The van der Waals surface area contributed by atoms with Crippen molar-refractivity contribution in [1.29, 1.82) is 0 Å². The van der Waals surface area contributed by atoms with Gasteiger partial charge in [0.05, 0.1) is 13.0 Å². The number of hydrogen-bond donors (Lipinski definition) is 1. The van der Waals surface area contributed by atoms with Crippen LogP contribution in [0, 0.1) is 5.92 Å². The van der Waals surface area contributed by atoms with Crippen molar-refractivity contribution >= 4 is 23.7 Å². The second-order valence-corrected chi connectivity index (χ2v) is 6.99. The van der Waals surface area contributed by atoms with Crippen LogP contribution in [0.15, 0.2) is 18.2 Å². The van der Waals surface area contributed by atoms with Crippen LogP contribution in [0.5, 0.6) is 5.75 Å². The van der Waals surface area contributed by atoms with Gasteiger partial charge in [0.25, 0.3) is 0 Å². The van der Waals surface area contributed by atoms with E-state index in [0.29, 0.717) is 16.3 Å². The van der Waals surface area contributed by atoms with Crippen molar-refractivity contribution in [3.63, 3.8) is 0 Å². The highest BCUT2D eigenvalue weighted by atomic mass is 35.5. The number of carbonyl (C=O) groups excluding carboxylic acids is 1. The Hall–Kier alpha value is -1.95. The molecule has 1 N–H and O–H groups in total. The molecule has 0 radical (unpaired) electrons. The number of nitrogens with zero attached hydrogens (tertiary/aromatic N) is 1. The van der Waals surface area contributed by atoms with E-state index < -0.39 is 23.6 Å². The van der Waals surface area contributed by atoms with Gasteiger partial charge in [0.1, 0.15) is 11.4 Å². The van der Waals surface area contributed by atoms with Gasteiger partial charge in [0.15, 0.2) is 0 Å². The summed E-state index contributed by atoms with van der Waals surface area (Å²) in [5, 5.41) is 9.97. The summed E-state index contributed by atoms with van der Waals surface area (Å²) < 4.78 is 10.5. The highest BCUT2D eigenvalue weighted by molar-refractivity contribution is 6.30. The van der Waals surface area contributed by atoms with Crippen molar-refractivity contribution < 1.29 is 24.2 Å². The monoisotopic (exact) mass is 357 g/mol. The van der Waals surface area contributed by atoms with E-state index in [9.17, 15) is 14.7 Å². The van der Waals surface area contributed by atoms with Gasteiger partial charge in [-0.15, -0.1) is 0 Å². The third-order valence-electron chi connectivity index (χ3n) is 3.26. The molecule has 0 aliphatic carbocycles. The van der Waals surface area contributed by atoms with Gasteiger partial charge in [-0.25, -0.2) is 4.79 Å². The zero-order chi connectivity index (χ0) is 18.5. The van der Waals surface area contributed by atoms with Gasteiger partial charge < -0.3 is 19.5 Å². The maximum absolute atomic E-state index is 12.0. The van der Waals surface area contributed by atoms with E-state index in [1.54, 1.807) is 39.0 Å². The minimum atomic E-state index is -1.01. The molecule has 0 aliphatic rings. The van der Waals surface area contributed by atoms with E-state index in [4.69, 9.17) is 21.1 Å². The summed E-state index contributed by atoms with van der Waals surface area (Å²) in [6.45, 7) is 5.28. The predicted molar refractivity (Wildman–Crippen MR) is 91.7 cm³/mol. The van der Waals surface area contributed by atoms with Gasteiger partial charge in [0, 0.05) is 18.6 Å². The number of carbonyl (C=O) groups is 2. The smallest absolute Gasteiger partial charge is 0.410 e. The lowest BCUT2D eigenvalue weighted by atomic mass is 9.98. The average Bonchev–Trinajstić information content (AvgIpc) is 2.44. The maximum atomic E-state index is 12.0. The minimum Gasteiger partial charge on any atom is -0.496 e. The standard InChI is InChI=1S/C17H24ClNO5/c1-17(2,3)24-16(22)19(4)10-12(15(20)21)8-11-9-13(18)6-7-14(11)23-5/h6-7,9,12H,8,10H2,1-5H3,(H,20,21)/t12-/m0/s1. The molecule has 0 spiro atoms. The van der Waals surface area contributed by atoms with E-state index in [1.165, 1.54) is 19.1 Å². The highest BCUT2D eigenvalue weighted by Gasteiger charge is 2.26. The molecular formula is C17H24ClNO5. The molecule has 6 nitrogen and oxygen atoms in total. The maximum Gasteiger partial charge on any atom is 0.410 e. The predicted octanol–water partition coefficient (Wildman–Crippen LogP) is 3.46. The van der Waals surface area contributed by atoms with E-state index >= 15 is 0 Å². The van der Waals surface area contributed by atoms with Gasteiger partial charge in [-0.05, 0) is 51.0 Å². The van der Waals surface area contributed by atoms with Crippen LogP contribution < -0.4 is 4.74 Å². The molecule has 0 aliphatic heterocycles. The lowest BCUT2D eigenvalue weighted by Crippen LogP contribution is -2.39. The molecule has 134 valence electrons. The molecule has 1 aromatic carbocycles. The first kappa shape index (κ1) is 20.1. The lowest BCUT2D eigenvalue weighted by molar-refractivity contribution is -0.142. The number of carboxylic acid groups (broad SMARTS) is 1. The van der Waals surface area contributed by atoms with Crippen LogP contribution >= 0.6 is 11.6 Å². The van der Waals surface area contributed by atoms with E-state index in [0.717, 1.165) is 0 Å². The van der Waals surface area contributed by atoms with Gasteiger partial charge >= 0.3 is 12.1 Å². The zero-order valence-corrected chi connectivity index (χ0v) is 15.4. The fourth-order valence-electron chi connectivity index (χ4n) is 2.15. The largest absolute Gasteiger partial charge is 0.496 e. The number of benzene rings is 1. The summed E-state index contributed by atoms with van der Waals surface area (Å²) in [7, 11) is 3.02. The molecule has 0 heterocycles. The van der Waals surface area contributed by atoms with Gasteiger partial charge in [0.2, 0.25) is 0 Å². The quantitative estimate of drug-likeness (QED) is 0.843. The van der Waals surface area contributed by atoms with Crippen LogP contribution in [-0.4, -0.2) is 48.4 Å². The van der Waals surface area contributed by atoms with Crippen molar-refractivity contribution in [3.8, 4) is 5.75 Å². The first-order valence-corrected chi connectivity index (χ1v) is 7.90. The number of amides is 1. The third-order valence-corrected chi connectivity index (χ3v) is 3.49. The summed E-state index contributed by atoms with van der Waals surface area (Å²) in [5.41, 5.74) is 0.0373. The number of rotatable bonds is 6. The number of methoxy groups -OCH3 is 1. The SMILES string of the molecule is COc1ccc(Cl)cc1C[C@@H](CN(C)C(=O)OC(C)(C)C)C(=O)O. The van der Waals surface area contributed by atoms with E-state index in [1.807, 2.05) is 0 Å². The Labute approximate surface area is 147 Å². The van der Waals surface area contributed by atoms with Gasteiger partial charge in [-0.3, -0.25) is 4.79 Å². The van der Waals surface area contributed by atoms with Crippen LogP contribution in [0.3, 0.4) is 0 Å². The van der Waals surface area contributed by atoms with Crippen LogP contribution in [0.2, 0.25) is 5.02 Å². The Balaban J connectivity index is 2.87. The Morgan fingerprint density at radius 2 is 1.96 bits per heavy atom. The molecule has 1 atom stereocenters. The Morgan fingerprint density at radius 1 is 1.33 bits per heavy atom. The fourth-order valence-corrected chi connectivity index (χ4v) is 2.34. The van der Waals surface area contributed by atoms with Crippen molar-refractivity contribution in [1.82, 2.24) is 4.90 Å². The van der Waals surface area contributed by atoms with Crippen LogP contribution in [0.4, 0.5) is 4.79 Å². The average molecular weight is 358 g/mol. The van der Waals surface area contributed by atoms with Crippen molar-refractivity contribution in [2.45, 2.75) is 32.8 Å². The first-order chi connectivity index (χ1) is 11.0. The molecule has 1 amide bonds. The molecule has 7 heteroatoms. The van der Waals surface area contributed by atoms with Crippen LogP contribution in [0.25, 0.3) is 0 Å². The summed E-state index contributed by atoms with van der Waals surface area (Å²) in [6, 6.07) is 5.03. The topological polar surface area (TPSA) is 76.1 Å². The van der Waals surface area contributed by atoms with Gasteiger partial charge in [-0.1, -0.05) is 11.6 Å². The molecule has 1 aromatic rings. The second kappa shape index (κ2) is 8.24. The second-order valence-electron chi connectivity index (χ2n) is 6.56. The number of halogens is 1. The van der Waals surface area contributed by atoms with Gasteiger partial charge in [-0.2, -0.15) is 0 Å². The molecule has 0 saturated heterocycles. The fraction of sp³-hybridized carbons (Fsp3) is 0.529. The Kier molecular flexibility index (Phi) is 6.90. The molecule has 0 bridgehead atoms. The summed E-state index contributed by atoms with van der Waals surface area (Å²) >= 11 is 5.98.